The van der Waals surface area contributed by atoms with Crippen LogP contribution in [0.1, 0.15) is 28.4 Å². The second kappa shape index (κ2) is 9.26. The highest BCUT2D eigenvalue weighted by Crippen LogP contribution is 2.38. The van der Waals surface area contributed by atoms with Crippen LogP contribution in [0.5, 0.6) is 23.0 Å². The minimum Gasteiger partial charge on any atom is -0.508 e. The van der Waals surface area contributed by atoms with Gasteiger partial charge in [0.1, 0.15) is 23.0 Å². The predicted octanol–water partition coefficient (Wildman–Crippen LogP) is 4.07. The Kier molecular flexibility index (Phi) is 6.49. The van der Waals surface area contributed by atoms with E-state index in [-0.39, 0.29) is 40.4 Å². The number of rotatable bonds is 7. The zero-order valence-corrected chi connectivity index (χ0v) is 17.3. The van der Waals surface area contributed by atoms with Gasteiger partial charge in [-0.25, -0.2) is 4.79 Å². The van der Waals surface area contributed by atoms with Crippen molar-refractivity contribution in [3.8, 4) is 34.1 Å². The van der Waals surface area contributed by atoms with Gasteiger partial charge in [0.25, 0.3) is 0 Å². The Morgan fingerprint density at radius 2 is 1.53 bits per heavy atom. The van der Waals surface area contributed by atoms with E-state index in [9.17, 15) is 30.0 Å². The predicted molar refractivity (Wildman–Crippen MR) is 118 cm³/mol. The number of aromatic hydroxyl groups is 4. The third-order valence-corrected chi connectivity index (χ3v) is 4.85. The van der Waals surface area contributed by atoms with Crippen LogP contribution >= 0.6 is 0 Å². The number of phenolic OH excluding ortho intramolecular Hbond substituents is 4. The van der Waals surface area contributed by atoms with E-state index in [1.54, 1.807) is 31.2 Å². The summed E-state index contributed by atoms with van der Waals surface area (Å²) in [6.07, 6.45) is 0.345. The van der Waals surface area contributed by atoms with Crippen molar-refractivity contribution in [3.63, 3.8) is 0 Å². The first-order valence-corrected chi connectivity index (χ1v) is 9.72. The zero-order chi connectivity index (χ0) is 23.4. The summed E-state index contributed by atoms with van der Waals surface area (Å²) in [4.78, 5) is 24.6. The molecule has 0 atom stereocenters. The fraction of sp³-hybridized carbons (Fsp3) is 0.120. The van der Waals surface area contributed by atoms with Crippen molar-refractivity contribution in [2.24, 2.45) is 0 Å². The number of ether oxygens (including phenoxy) is 1. The van der Waals surface area contributed by atoms with Gasteiger partial charge in [-0.05, 0) is 36.2 Å². The molecule has 0 aliphatic heterocycles. The zero-order valence-electron chi connectivity index (χ0n) is 17.3. The third kappa shape index (κ3) is 4.73. The second-order valence-corrected chi connectivity index (χ2v) is 7.24. The fourth-order valence-electron chi connectivity index (χ4n) is 3.21. The van der Waals surface area contributed by atoms with E-state index >= 15 is 0 Å². The Balaban J connectivity index is 1.98. The topological polar surface area (TPSA) is 124 Å². The van der Waals surface area contributed by atoms with Crippen molar-refractivity contribution in [2.75, 3.05) is 6.61 Å². The van der Waals surface area contributed by atoms with Crippen molar-refractivity contribution in [3.05, 3.63) is 83.4 Å². The summed E-state index contributed by atoms with van der Waals surface area (Å²) in [5.74, 6) is -2.55. The number of ketones is 1. The molecule has 0 saturated heterocycles. The first-order chi connectivity index (χ1) is 15.2. The maximum absolute atomic E-state index is 12.9. The normalized spacial score (nSPS) is 10.5. The fourth-order valence-corrected chi connectivity index (χ4v) is 3.21. The molecule has 7 nitrogen and oxygen atoms in total. The van der Waals surface area contributed by atoms with Crippen LogP contribution in [0.2, 0.25) is 0 Å². The number of benzene rings is 3. The van der Waals surface area contributed by atoms with E-state index in [0.717, 1.165) is 17.7 Å². The molecule has 3 aromatic carbocycles. The van der Waals surface area contributed by atoms with Crippen molar-refractivity contribution >= 4 is 11.8 Å². The largest absolute Gasteiger partial charge is 0.508 e. The third-order valence-electron chi connectivity index (χ3n) is 4.85. The van der Waals surface area contributed by atoms with Crippen LogP contribution in [-0.4, -0.2) is 38.8 Å². The van der Waals surface area contributed by atoms with Gasteiger partial charge in [0, 0.05) is 29.7 Å². The molecule has 164 valence electrons. The summed E-state index contributed by atoms with van der Waals surface area (Å²) >= 11 is 0. The lowest BCUT2D eigenvalue weighted by Crippen LogP contribution is -2.08. The molecule has 0 fully saturated rings. The summed E-state index contributed by atoms with van der Waals surface area (Å²) in [5.41, 5.74) is 1.65. The molecule has 0 saturated carbocycles. The van der Waals surface area contributed by atoms with Crippen LogP contribution in [0.3, 0.4) is 0 Å². The Morgan fingerprint density at radius 1 is 0.844 bits per heavy atom. The minimum absolute atomic E-state index is 0.0920. The van der Waals surface area contributed by atoms with Crippen molar-refractivity contribution in [2.45, 2.75) is 13.3 Å². The van der Waals surface area contributed by atoms with E-state index < -0.39 is 23.3 Å². The Bertz CT molecular complexity index is 1210. The average Bonchev–Trinajstić information content (AvgIpc) is 2.74. The highest BCUT2D eigenvalue weighted by Gasteiger charge is 2.21. The van der Waals surface area contributed by atoms with Crippen LogP contribution in [0.25, 0.3) is 11.1 Å². The molecule has 3 rings (SSSR count). The van der Waals surface area contributed by atoms with Gasteiger partial charge in [-0.15, -0.1) is 0 Å². The molecule has 0 aliphatic rings. The molecule has 32 heavy (non-hydrogen) atoms. The highest BCUT2D eigenvalue weighted by molar-refractivity contribution is 6.13. The van der Waals surface area contributed by atoms with E-state index in [1.165, 1.54) is 18.2 Å². The molecule has 0 bridgehead atoms. The number of esters is 1. The Hall–Kier alpha value is -4.26. The number of hydrogen-bond acceptors (Lipinski definition) is 7. The molecule has 0 heterocycles. The van der Waals surface area contributed by atoms with Gasteiger partial charge < -0.3 is 25.2 Å². The van der Waals surface area contributed by atoms with Gasteiger partial charge in [0.05, 0.1) is 17.7 Å². The van der Waals surface area contributed by atoms with E-state index in [0.29, 0.717) is 12.0 Å². The van der Waals surface area contributed by atoms with Crippen LogP contribution in [0, 0.1) is 0 Å². The number of carbonyl (C=O) groups is 2. The standard InChI is InChI=1S/C25H22O7/c1-14(2)25(31)32-10-9-15-5-3-4-6-17(15)19-12-20(23(29)13-22(19)28)24(30)18-8-7-16(26)11-21(18)27/h3-8,11-13,26-29H,1,9-10H2,2H3. The minimum atomic E-state index is -0.686. The lowest BCUT2D eigenvalue weighted by molar-refractivity contribution is -0.138. The van der Waals surface area contributed by atoms with Crippen LogP contribution in [-0.2, 0) is 16.0 Å². The summed E-state index contributed by atoms with van der Waals surface area (Å²) < 4.78 is 5.15. The molecule has 4 N–H and O–H groups in total. The first kappa shape index (κ1) is 22.4. The molecular formula is C25H22O7. The lowest BCUT2D eigenvalue weighted by atomic mass is 9.93. The van der Waals surface area contributed by atoms with Gasteiger partial charge in [0.15, 0.2) is 5.78 Å². The van der Waals surface area contributed by atoms with E-state index in [1.807, 2.05) is 0 Å². The lowest BCUT2D eigenvalue weighted by Gasteiger charge is -2.14. The molecule has 0 aromatic heterocycles. The van der Waals surface area contributed by atoms with Crippen molar-refractivity contribution < 1.29 is 34.8 Å². The van der Waals surface area contributed by atoms with Crippen LogP contribution < -0.4 is 0 Å². The van der Waals surface area contributed by atoms with E-state index in [4.69, 9.17) is 4.74 Å². The van der Waals surface area contributed by atoms with Crippen molar-refractivity contribution in [1.82, 2.24) is 0 Å². The Labute approximate surface area is 184 Å². The van der Waals surface area contributed by atoms with E-state index in [2.05, 4.69) is 6.58 Å². The average molecular weight is 434 g/mol. The van der Waals surface area contributed by atoms with Gasteiger partial charge in [-0.3, -0.25) is 4.79 Å². The van der Waals surface area contributed by atoms with Gasteiger partial charge in [0.2, 0.25) is 0 Å². The molecule has 0 unspecified atom stereocenters. The summed E-state index contributed by atoms with van der Waals surface area (Å²) in [6.45, 7) is 5.18. The number of hydrogen-bond donors (Lipinski definition) is 4. The quantitative estimate of drug-likeness (QED) is 0.251. The van der Waals surface area contributed by atoms with Crippen LogP contribution in [0.15, 0.2) is 66.7 Å². The first-order valence-electron chi connectivity index (χ1n) is 9.72. The summed E-state index contributed by atoms with van der Waals surface area (Å²) in [5, 5.41) is 40.2. The molecule has 0 aliphatic carbocycles. The monoisotopic (exact) mass is 434 g/mol. The smallest absolute Gasteiger partial charge is 0.333 e. The molecule has 0 radical (unpaired) electrons. The number of phenols is 4. The van der Waals surface area contributed by atoms with Gasteiger partial charge >= 0.3 is 5.97 Å². The summed E-state index contributed by atoms with van der Waals surface area (Å²) in [7, 11) is 0. The van der Waals surface area contributed by atoms with Gasteiger partial charge in [-0.2, -0.15) is 0 Å². The molecule has 7 heteroatoms. The maximum Gasteiger partial charge on any atom is 0.333 e. The van der Waals surface area contributed by atoms with Gasteiger partial charge in [-0.1, -0.05) is 30.8 Å². The second-order valence-electron chi connectivity index (χ2n) is 7.24. The molecule has 0 amide bonds. The molecule has 0 spiro atoms. The molecule has 3 aromatic rings. The summed E-state index contributed by atoms with van der Waals surface area (Å²) in [6, 6.07) is 13.0. The highest BCUT2D eigenvalue weighted by atomic mass is 16.5. The number of carbonyl (C=O) groups excluding carboxylic acids is 2. The van der Waals surface area contributed by atoms with Crippen LogP contribution in [0.4, 0.5) is 0 Å². The van der Waals surface area contributed by atoms with Crippen molar-refractivity contribution in [1.29, 1.82) is 0 Å². The molecular weight excluding hydrogens is 412 g/mol. The maximum atomic E-state index is 12.9. The Morgan fingerprint density at radius 3 is 2.22 bits per heavy atom. The SMILES string of the molecule is C=C(C)C(=O)OCCc1ccccc1-c1cc(C(=O)c2ccc(O)cc2O)c(O)cc1O.